The molecule has 0 atom stereocenters. The Kier molecular flexibility index (Phi) is 5.26. The number of carbonyl (C=O) groups excluding carboxylic acids is 1. The van der Waals surface area contributed by atoms with Gasteiger partial charge in [0.25, 0.3) is 0 Å². The van der Waals surface area contributed by atoms with E-state index in [4.69, 9.17) is 4.74 Å². The molecule has 1 rings (SSSR count). The summed E-state index contributed by atoms with van der Waals surface area (Å²) in [5.41, 5.74) is 0.534. The first-order valence-corrected chi connectivity index (χ1v) is 6.08. The minimum absolute atomic E-state index is 0.345. The van der Waals surface area contributed by atoms with Gasteiger partial charge in [-0.15, -0.1) is 0 Å². The lowest BCUT2D eigenvalue weighted by atomic mass is 10.2. The maximum atomic E-state index is 11.7. The average molecular weight is 283 g/mol. The maximum absolute atomic E-state index is 11.7. The second kappa shape index (κ2) is 6.48. The molecule has 0 aliphatic rings. The number of hydrogen-bond acceptors (Lipinski definition) is 2. The van der Waals surface area contributed by atoms with Crippen LogP contribution in [0.25, 0.3) is 0 Å². The fraction of sp³-hybridized carbons (Fsp3) is 0.308. The van der Waals surface area contributed by atoms with Gasteiger partial charge in [0.1, 0.15) is 5.76 Å². The first kappa shape index (κ1) is 13.0. The van der Waals surface area contributed by atoms with Crippen LogP contribution >= 0.6 is 15.9 Å². The highest BCUT2D eigenvalue weighted by Gasteiger charge is 2.08. The van der Waals surface area contributed by atoms with Gasteiger partial charge in [-0.3, -0.25) is 0 Å². The third-order valence-electron chi connectivity index (χ3n) is 2.11. The Bertz CT molecular complexity index is 385. The number of ether oxygens (including phenoxy) is 1. The lowest BCUT2D eigenvalue weighted by Crippen LogP contribution is -2.04. The number of halogens is 1. The Morgan fingerprint density at radius 1 is 1.50 bits per heavy atom. The second-order valence-electron chi connectivity index (χ2n) is 3.54. The summed E-state index contributed by atoms with van der Waals surface area (Å²) >= 11 is 3.31. The highest BCUT2D eigenvalue weighted by molar-refractivity contribution is 9.10. The molecule has 0 saturated carbocycles. The zero-order valence-electron chi connectivity index (χ0n) is 9.33. The zero-order valence-corrected chi connectivity index (χ0v) is 10.9. The van der Waals surface area contributed by atoms with Gasteiger partial charge in [0.15, 0.2) is 0 Å². The van der Waals surface area contributed by atoms with E-state index in [1.54, 1.807) is 18.2 Å². The summed E-state index contributed by atoms with van der Waals surface area (Å²) in [5.74, 6) is 0.189. The summed E-state index contributed by atoms with van der Waals surface area (Å²) in [6, 6.07) is 7.12. The van der Waals surface area contributed by atoms with Crippen molar-refractivity contribution in [1.82, 2.24) is 0 Å². The van der Waals surface area contributed by atoms with Gasteiger partial charge in [0, 0.05) is 10.9 Å². The Labute approximate surface area is 104 Å². The van der Waals surface area contributed by atoms with Crippen LogP contribution in [0, 0.1) is 0 Å². The molecule has 0 heterocycles. The van der Waals surface area contributed by atoms with Crippen LogP contribution in [0.1, 0.15) is 36.5 Å². The highest BCUT2D eigenvalue weighted by Crippen LogP contribution is 2.15. The summed E-state index contributed by atoms with van der Waals surface area (Å²) in [6.45, 7) is 5.81. The molecular formula is C13H15BrO2. The summed E-state index contributed by atoms with van der Waals surface area (Å²) in [4.78, 5) is 11.7. The number of unbranched alkanes of at least 4 members (excludes halogenated alkanes) is 1. The molecule has 0 aliphatic heterocycles. The van der Waals surface area contributed by atoms with Crippen LogP contribution in [0.4, 0.5) is 0 Å². The molecule has 0 aliphatic carbocycles. The second-order valence-corrected chi connectivity index (χ2v) is 4.46. The largest absolute Gasteiger partial charge is 0.428 e. The van der Waals surface area contributed by atoms with Gasteiger partial charge in [-0.25, -0.2) is 4.79 Å². The number of benzene rings is 1. The lowest BCUT2D eigenvalue weighted by Gasteiger charge is -2.06. The van der Waals surface area contributed by atoms with E-state index in [2.05, 4.69) is 29.4 Å². The predicted octanol–water partition coefficient (Wildman–Crippen LogP) is 4.31. The van der Waals surface area contributed by atoms with Crippen molar-refractivity contribution in [2.45, 2.75) is 26.2 Å². The predicted molar refractivity (Wildman–Crippen MR) is 68.2 cm³/mol. The van der Waals surface area contributed by atoms with Crippen LogP contribution in [0.5, 0.6) is 0 Å². The summed E-state index contributed by atoms with van der Waals surface area (Å²) in [7, 11) is 0. The van der Waals surface area contributed by atoms with E-state index in [-0.39, 0.29) is 5.97 Å². The molecule has 0 spiro atoms. The Balaban J connectivity index is 2.55. The van der Waals surface area contributed by atoms with E-state index < -0.39 is 0 Å². The Morgan fingerprint density at radius 3 is 2.88 bits per heavy atom. The van der Waals surface area contributed by atoms with Crippen LogP contribution in [0.15, 0.2) is 41.1 Å². The van der Waals surface area contributed by atoms with E-state index in [9.17, 15) is 4.79 Å². The molecule has 0 radical (unpaired) electrons. The SMILES string of the molecule is C=C(CCCC)OC(=O)c1cccc(Br)c1. The molecular weight excluding hydrogens is 268 g/mol. The molecule has 3 heteroatoms. The van der Waals surface area contributed by atoms with Crippen molar-refractivity contribution in [3.05, 3.63) is 46.6 Å². The molecule has 2 nitrogen and oxygen atoms in total. The molecule has 86 valence electrons. The highest BCUT2D eigenvalue weighted by atomic mass is 79.9. The molecule has 16 heavy (non-hydrogen) atoms. The topological polar surface area (TPSA) is 26.3 Å². The normalized spacial score (nSPS) is 9.88. The van der Waals surface area contributed by atoms with Crippen LogP contribution < -0.4 is 0 Å². The van der Waals surface area contributed by atoms with Crippen molar-refractivity contribution in [1.29, 1.82) is 0 Å². The number of rotatable bonds is 5. The van der Waals surface area contributed by atoms with Crippen LogP contribution in [0.3, 0.4) is 0 Å². The van der Waals surface area contributed by atoms with Crippen molar-refractivity contribution in [2.75, 3.05) is 0 Å². The number of esters is 1. The quantitative estimate of drug-likeness (QED) is 0.594. The maximum Gasteiger partial charge on any atom is 0.343 e. The fourth-order valence-corrected chi connectivity index (χ4v) is 1.63. The number of hydrogen-bond donors (Lipinski definition) is 0. The van der Waals surface area contributed by atoms with Gasteiger partial charge in [0.05, 0.1) is 5.56 Å². The smallest absolute Gasteiger partial charge is 0.343 e. The monoisotopic (exact) mass is 282 g/mol. The standard InChI is InChI=1S/C13H15BrO2/c1-3-4-6-10(2)16-13(15)11-7-5-8-12(14)9-11/h5,7-9H,2-4,6H2,1H3. The minimum Gasteiger partial charge on any atom is -0.428 e. The van der Waals surface area contributed by atoms with E-state index in [0.29, 0.717) is 11.3 Å². The molecule has 0 bridgehead atoms. The summed E-state index contributed by atoms with van der Waals surface area (Å²) in [5, 5.41) is 0. The number of allylic oxidation sites excluding steroid dienone is 1. The molecule has 0 unspecified atom stereocenters. The van der Waals surface area contributed by atoms with E-state index in [0.717, 1.165) is 23.7 Å². The molecule has 1 aromatic rings. The Hall–Kier alpha value is -1.09. The first-order valence-electron chi connectivity index (χ1n) is 5.29. The van der Waals surface area contributed by atoms with Crippen LogP contribution in [0.2, 0.25) is 0 Å². The van der Waals surface area contributed by atoms with Gasteiger partial charge >= 0.3 is 5.97 Å². The fourth-order valence-electron chi connectivity index (χ4n) is 1.23. The molecule has 0 N–H and O–H groups in total. The van der Waals surface area contributed by atoms with Gasteiger partial charge in [-0.05, 0) is 24.6 Å². The van der Waals surface area contributed by atoms with Crippen LogP contribution in [-0.2, 0) is 4.74 Å². The van der Waals surface area contributed by atoms with Crippen molar-refractivity contribution in [3.8, 4) is 0 Å². The van der Waals surface area contributed by atoms with Crippen molar-refractivity contribution in [3.63, 3.8) is 0 Å². The zero-order chi connectivity index (χ0) is 12.0. The van der Waals surface area contributed by atoms with Gasteiger partial charge in [-0.1, -0.05) is 41.9 Å². The van der Waals surface area contributed by atoms with Crippen molar-refractivity contribution in [2.24, 2.45) is 0 Å². The van der Waals surface area contributed by atoms with E-state index in [1.165, 1.54) is 0 Å². The third-order valence-corrected chi connectivity index (χ3v) is 2.60. The van der Waals surface area contributed by atoms with Gasteiger partial charge in [0.2, 0.25) is 0 Å². The molecule has 0 aromatic heterocycles. The molecule has 0 saturated heterocycles. The van der Waals surface area contributed by atoms with Crippen molar-refractivity contribution < 1.29 is 9.53 Å². The van der Waals surface area contributed by atoms with Gasteiger partial charge < -0.3 is 4.74 Å². The molecule has 0 amide bonds. The van der Waals surface area contributed by atoms with E-state index in [1.807, 2.05) is 6.07 Å². The summed E-state index contributed by atoms with van der Waals surface area (Å²) in [6.07, 6.45) is 2.79. The third kappa shape index (κ3) is 4.19. The number of carbonyl (C=O) groups is 1. The van der Waals surface area contributed by atoms with Crippen molar-refractivity contribution >= 4 is 21.9 Å². The van der Waals surface area contributed by atoms with Gasteiger partial charge in [-0.2, -0.15) is 0 Å². The first-order chi connectivity index (χ1) is 7.63. The molecule has 0 fully saturated rings. The lowest BCUT2D eigenvalue weighted by molar-refractivity contribution is 0.0615. The minimum atomic E-state index is -0.345. The van der Waals surface area contributed by atoms with Crippen LogP contribution in [-0.4, -0.2) is 5.97 Å². The van der Waals surface area contributed by atoms with E-state index >= 15 is 0 Å². The Morgan fingerprint density at radius 2 is 2.25 bits per heavy atom. The summed E-state index contributed by atoms with van der Waals surface area (Å²) < 4.78 is 6.00. The average Bonchev–Trinajstić information content (AvgIpc) is 2.26. The molecule has 1 aromatic carbocycles.